The van der Waals surface area contributed by atoms with Crippen molar-refractivity contribution in [3.05, 3.63) is 0 Å². The summed E-state index contributed by atoms with van der Waals surface area (Å²) < 4.78 is 5.62. The van der Waals surface area contributed by atoms with Gasteiger partial charge in [0.1, 0.15) is 5.60 Å². The van der Waals surface area contributed by atoms with Crippen molar-refractivity contribution < 1.29 is 9.53 Å². The van der Waals surface area contributed by atoms with E-state index in [4.69, 9.17) is 4.74 Å². The monoisotopic (exact) mass is 174 g/mol. The lowest BCUT2D eigenvalue weighted by molar-refractivity contribution is -0.144. The van der Waals surface area contributed by atoms with E-state index in [0.29, 0.717) is 0 Å². The number of carbonyl (C=O) groups is 1. The Morgan fingerprint density at radius 1 is 1.45 bits per heavy atom. The van der Waals surface area contributed by atoms with Gasteiger partial charge < -0.3 is 9.53 Å². The summed E-state index contributed by atoms with van der Waals surface area (Å²) in [6.45, 7) is 5.92. The molecule has 0 aromatic rings. The summed E-state index contributed by atoms with van der Waals surface area (Å²) in [6, 6.07) is 0. The van der Waals surface area contributed by atoms with Crippen molar-refractivity contribution in [2.45, 2.75) is 32.0 Å². The van der Waals surface area contributed by atoms with Crippen LogP contribution in [0.5, 0.6) is 0 Å². The number of aldehydes is 1. The van der Waals surface area contributed by atoms with Crippen LogP contribution in [-0.2, 0) is 9.53 Å². The van der Waals surface area contributed by atoms with Crippen molar-refractivity contribution in [3.8, 4) is 0 Å². The first-order valence-corrected chi connectivity index (χ1v) is 4.87. The molecule has 0 aliphatic carbocycles. The van der Waals surface area contributed by atoms with Crippen LogP contribution in [0.1, 0.15) is 20.8 Å². The molecule has 0 aromatic heterocycles. The van der Waals surface area contributed by atoms with Crippen molar-refractivity contribution in [2.75, 3.05) is 11.5 Å². The molecule has 0 bridgehead atoms. The molecule has 0 unspecified atom stereocenters. The Morgan fingerprint density at radius 2 is 2.00 bits per heavy atom. The summed E-state index contributed by atoms with van der Waals surface area (Å²) in [5, 5.41) is 0. The number of ether oxygens (including phenoxy) is 1. The Hall–Kier alpha value is -0.0200. The minimum atomic E-state index is -0.469. The number of carbonyl (C=O) groups excluding carboxylic acids is 1. The standard InChI is InChI=1S/C8H14O2S/c1-7(2,3)10-8(4-9)5-11-6-8/h4H,5-6H2,1-3H3. The zero-order valence-corrected chi connectivity index (χ0v) is 8.03. The first-order valence-electron chi connectivity index (χ1n) is 3.72. The predicted octanol–water partition coefficient (Wildman–Crippen LogP) is 1.49. The number of hydrogen-bond acceptors (Lipinski definition) is 3. The molecule has 2 nitrogen and oxygen atoms in total. The molecule has 0 amide bonds. The van der Waals surface area contributed by atoms with Gasteiger partial charge in [0.2, 0.25) is 0 Å². The summed E-state index contributed by atoms with van der Waals surface area (Å²) in [4.78, 5) is 10.6. The number of rotatable bonds is 2. The van der Waals surface area contributed by atoms with Crippen LogP contribution < -0.4 is 0 Å². The van der Waals surface area contributed by atoms with Gasteiger partial charge in [-0.15, -0.1) is 0 Å². The average Bonchev–Trinajstić information content (AvgIpc) is 1.77. The lowest BCUT2D eigenvalue weighted by Crippen LogP contribution is -2.51. The zero-order chi connectivity index (χ0) is 8.54. The van der Waals surface area contributed by atoms with Crippen LogP contribution in [0.15, 0.2) is 0 Å². The molecule has 1 aliphatic rings. The maximum absolute atomic E-state index is 10.6. The van der Waals surface area contributed by atoms with Crippen LogP contribution >= 0.6 is 11.8 Å². The van der Waals surface area contributed by atoms with Crippen molar-refractivity contribution in [3.63, 3.8) is 0 Å². The van der Waals surface area contributed by atoms with E-state index in [1.165, 1.54) is 0 Å². The Labute approximate surface area is 71.7 Å². The van der Waals surface area contributed by atoms with Gasteiger partial charge >= 0.3 is 0 Å². The smallest absolute Gasteiger partial charge is 0.153 e. The highest BCUT2D eigenvalue weighted by atomic mass is 32.2. The molecule has 1 saturated heterocycles. The highest BCUT2D eigenvalue weighted by molar-refractivity contribution is 8.01. The summed E-state index contributed by atoms with van der Waals surface area (Å²) in [7, 11) is 0. The molecule has 1 aliphatic heterocycles. The van der Waals surface area contributed by atoms with E-state index in [1.54, 1.807) is 11.8 Å². The van der Waals surface area contributed by atoms with Crippen molar-refractivity contribution in [1.29, 1.82) is 0 Å². The van der Waals surface area contributed by atoms with E-state index in [0.717, 1.165) is 17.8 Å². The molecule has 64 valence electrons. The summed E-state index contributed by atoms with van der Waals surface area (Å²) in [5.41, 5.74) is -0.676. The SMILES string of the molecule is CC(C)(C)OC1(C=O)CSC1. The van der Waals surface area contributed by atoms with Crippen LogP contribution in [-0.4, -0.2) is 29.0 Å². The Morgan fingerprint density at radius 3 is 2.09 bits per heavy atom. The lowest BCUT2D eigenvalue weighted by atomic mass is 10.1. The molecule has 0 spiro atoms. The minimum absolute atomic E-state index is 0.206. The minimum Gasteiger partial charge on any atom is -0.360 e. The van der Waals surface area contributed by atoms with E-state index in [9.17, 15) is 4.79 Å². The highest BCUT2D eigenvalue weighted by Gasteiger charge is 2.41. The Balaban J connectivity index is 2.51. The third-order valence-electron chi connectivity index (χ3n) is 1.42. The largest absolute Gasteiger partial charge is 0.360 e. The van der Waals surface area contributed by atoms with Gasteiger partial charge in [0.05, 0.1) is 5.60 Å². The van der Waals surface area contributed by atoms with Gasteiger partial charge in [0.15, 0.2) is 6.29 Å². The van der Waals surface area contributed by atoms with Crippen molar-refractivity contribution in [1.82, 2.24) is 0 Å². The van der Waals surface area contributed by atoms with Gasteiger partial charge in [-0.2, -0.15) is 11.8 Å². The fraction of sp³-hybridized carbons (Fsp3) is 0.875. The van der Waals surface area contributed by atoms with Crippen molar-refractivity contribution in [2.24, 2.45) is 0 Å². The molecule has 1 heterocycles. The third-order valence-corrected chi connectivity index (χ3v) is 2.80. The average molecular weight is 174 g/mol. The summed E-state index contributed by atoms with van der Waals surface area (Å²) in [5.74, 6) is 1.63. The maximum atomic E-state index is 10.6. The quantitative estimate of drug-likeness (QED) is 0.593. The second kappa shape index (κ2) is 2.79. The molecule has 0 aromatic carbocycles. The van der Waals surface area contributed by atoms with E-state index < -0.39 is 5.60 Å². The fourth-order valence-electron chi connectivity index (χ4n) is 1.06. The van der Waals surface area contributed by atoms with Crippen LogP contribution in [0.2, 0.25) is 0 Å². The topological polar surface area (TPSA) is 26.3 Å². The van der Waals surface area contributed by atoms with E-state index >= 15 is 0 Å². The zero-order valence-electron chi connectivity index (χ0n) is 7.22. The first-order chi connectivity index (χ1) is 4.97. The molecule has 11 heavy (non-hydrogen) atoms. The lowest BCUT2D eigenvalue weighted by Gasteiger charge is -2.40. The van der Waals surface area contributed by atoms with Gasteiger partial charge in [0.25, 0.3) is 0 Å². The molecule has 1 fully saturated rings. The van der Waals surface area contributed by atoms with Crippen LogP contribution in [0.4, 0.5) is 0 Å². The Bertz CT molecular complexity index is 156. The molecule has 1 rings (SSSR count). The molecule has 0 radical (unpaired) electrons. The van der Waals surface area contributed by atoms with E-state index in [-0.39, 0.29) is 5.60 Å². The maximum Gasteiger partial charge on any atom is 0.153 e. The fourth-order valence-corrected chi connectivity index (χ4v) is 1.92. The Kier molecular flexibility index (Phi) is 2.30. The van der Waals surface area contributed by atoms with Gasteiger partial charge in [0, 0.05) is 11.5 Å². The third kappa shape index (κ3) is 2.20. The second-order valence-corrected chi connectivity index (χ2v) is 4.88. The molecule has 3 heteroatoms. The number of thioether (sulfide) groups is 1. The van der Waals surface area contributed by atoms with Gasteiger partial charge in [-0.3, -0.25) is 0 Å². The van der Waals surface area contributed by atoms with Crippen LogP contribution in [0.3, 0.4) is 0 Å². The molecular weight excluding hydrogens is 160 g/mol. The van der Waals surface area contributed by atoms with Crippen molar-refractivity contribution >= 4 is 18.0 Å². The first kappa shape index (κ1) is 9.07. The molecule has 0 N–H and O–H groups in total. The van der Waals surface area contributed by atoms with E-state index in [1.807, 2.05) is 20.8 Å². The van der Waals surface area contributed by atoms with Gasteiger partial charge in [-0.05, 0) is 20.8 Å². The summed E-state index contributed by atoms with van der Waals surface area (Å²) in [6.07, 6.45) is 0.939. The van der Waals surface area contributed by atoms with Crippen LogP contribution in [0.25, 0.3) is 0 Å². The highest BCUT2D eigenvalue weighted by Crippen LogP contribution is 2.34. The molecule has 0 atom stereocenters. The molecular formula is C8H14O2S. The van der Waals surface area contributed by atoms with E-state index in [2.05, 4.69) is 0 Å². The number of hydrogen-bond donors (Lipinski definition) is 0. The van der Waals surface area contributed by atoms with Crippen LogP contribution in [0, 0.1) is 0 Å². The van der Waals surface area contributed by atoms with Gasteiger partial charge in [-0.25, -0.2) is 0 Å². The van der Waals surface area contributed by atoms with Gasteiger partial charge in [-0.1, -0.05) is 0 Å². The second-order valence-electron chi connectivity index (χ2n) is 3.89. The molecule has 0 saturated carbocycles. The summed E-state index contributed by atoms with van der Waals surface area (Å²) >= 11 is 1.75. The normalized spacial score (nSPS) is 22.5. The predicted molar refractivity (Wildman–Crippen MR) is 47.0 cm³/mol.